The Morgan fingerprint density at radius 1 is 1.53 bits per heavy atom. The second-order valence-electron chi connectivity index (χ2n) is 5.25. The molecule has 4 unspecified atom stereocenters. The normalized spacial score (nSPS) is 26.9. The van der Waals surface area contributed by atoms with Crippen LogP contribution in [0.3, 0.4) is 0 Å². The van der Waals surface area contributed by atoms with Crippen molar-refractivity contribution < 1.29 is 9.84 Å². The molecule has 0 aromatic carbocycles. The van der Waals surface area contributed by atoms with Crippen LogP contribution in [0, 0.1) is 17.8 Å². The molecule has 0 heterocycles. The average molecular weight is 241 g/mol. The van der Waals surface area contributed by atoms with E-state index < -0.39 is 6.41 Å². The molecule has 17 heavy (non-hydrogen) atoms. The third kappa shape index (κ3) is 5.19. The monoisotopic (exact) mass is 241 g/mol. The molecule has 1 saturated carbocycles. The standard InChI is InChI=1S/C14H27NO2/c1-5-11(13-9-12(13)6-2)7-8-15-14(16)17-10(3)4/h6,10-16H,2,5,7-9H2,1,3-4H3. The van der Waals surface area contributed by atoms with Crippen molar-refractivity contribution in [2.75, 3.05) is 6.54 Å². The van der Waals surface area contributed by atoms with Gasteiger partial charge in [-0.2, -0.15) is 0 Å². The van der Waals surface area contributed by atoms with Crippen LogP contribution in [0.5, 0.6) is 0 Å². The Labute approximate surface area is 105 Å². The summed E-state index contributed by atoms with van der Waals surface area (Å²) < 4.78 is 5.21. The van der Waals surface area contributed by atoms with E-state index in [4.69, 9.17) is 4.74 Å². The molecule has 1 rings (SSSR count). The number of hydrogen-bond donors (Lipinski definition) is 2. The van der Waals surface area contributed by atoms with Gasteiger partial charge in [0.05, 0.1) is 6.10 Å². The summed E-state index contributed by atoms with van der Waals surface area (Å²) in [6.07, 6.45) is 4.90. The first-order valence-corrected chi connectivity index (χ1v) is 6.77. The molecule has 0 aromatic heterocycles. The average Bonchev–Trinajstić information content (AvgIpc) is 3.02. The smallest absolute Gasteiger partial charge is 0.213 e. The summed E-state index contributed by atoms with van der Waals surface area (Å²) in [5, 5.41) is 12.5. The van der Waals surface area contributed by atoms with Crippen LogP contribution in [-0.4, -0.2) is 24.2 Å². The van der Waals surface area contributed by atoms with Crippen LogP contribution in [0.1, 0.15) is 40.0 Å². The number of rotatable bonds is 9. The molecule has 4 atom stereocenters. The molecule has 0 bridgehead atoms. The first-order chi connectivity index (χ1) is 8.08. The van der Waals surface area contributed by atoms with Gasteiger partial charge in [-0.15, -0.1) is 6.58 Å². The zero-order chi connectivity index (χ0) is 12.8. The Morgan fingerprint density at radius 3 is 2.71 bits per heavy atom. The van der Waals surface area contributed by atoms with Gasteiger partial charge >= 0.3 is 0 Å². The highest BCUT2D eigenvalue weighted by Gasteiger charge is 2.39. The first-order valence-electron chi connectivity index (χ1n) is 6.77. The number of allylic oxidation sites excluding steroid dienone is 1. The second-order valence-corrected chi connectivity index (χ2v) is 5.25. The van der Waals surface area contributed by atoms with E-state index in [1.54, 1.807) is 0 Å². The van der Waals surface area contributed by atoms with Crippen molar-refractivity contribution in [1.29, 1.82) is 0 Å². The Kier molecular flexibility index (Phi) is 6.17. The third-order valence-electron chi connectivity index (χ3n) is 3.56. The number of aliphatic hydroxyl groups is 1. The van der Waals surface area contributed by atoms with Gasteiger partial charge in [-0.25, -0.2) is 0 Å². The number of aliphatic hydroxyl groups excluding tert-OH is 1. The molecule has 100 valence electrons. The van der Waals surface area contributed by atoms with E-state index in [2.05, 4.69) is 24.9 Å². The third-order valence-corrected chi connectivity index (χ3v) is 3.56. The van der Waals surface area contributed by atoms with Gasteiger partial charge in [0.1, 0.15) is 0 Å². The first kappa shape index (κ1) is 14.7. The molecule has 0 aliphatic heterocycles. The van der Waals surface area contributed by atoms with Crippen LogP contribution < -0.4 is 5.32 Å². The van der Waals surface area contributed by atoms with Gasteiger partial charge in [-0.05, 0) is 44.4 Å². The van der Waals surface area contributed by atoms with Gasteiger partial charge in [0.15, 0.2) is 0 Å². The van der Waals surface area contributed by atoms with Gasteiger partial charge in [-0.1, -0.05) is 19.4 Å². The molecule has 0 amide bonds. The molecule has 1 aliphatic rings. The Hall–Kier alpha value is -0.380. The van der Waals surface area contributed by atoms with Crippen LogP contribution in [0.2, 0.25) is 0 Å². The summed E-state index contributed by atoms with van der Waals surface area (Å²) in [5.74, 6) is 2.30. The predicted octanol–water partition coefficient (Wildman–Crippen LogP) is 2.52. The highest BCUT2D eigenvalue weighted by Crippen LogP contribution is 2.47. The highest BCUT2D eigenvalue weighted by atomic mass is 16.6. The molecular weight excluding hydrogens is 214 g/mol. The fourth-order valence-electron chi connectivity index (χ4n) is 2.47. The number of ether oxygens (including phenoxy) is 1. The van der Waals surface area contributed by atoms with Crippen molar-refractivity contribution in [1.82, 2.24) is 5.32 Å². The largest absolute Gasteiger partial charge is 0.356 e. The highest BCUT2D eigenvalue weighted by molar-refractivity contribution is 5.00. The van der Waals surface area contributed by atoms with Gasteiger partial charge in [0, 0.05) is 6.54 Å². The van der Waals surface area contributed by atoms with Crippen molar-refractivity contribution in [3.63, 3.8) is 0 Å². The maximum atomic E-state index is 9.51. The van der Waals surface area contributed by atoms with Crippen LogP contribution in [0.15, 0.2) is 12.7 Å². The minimum atomic E-state index is -0.832. The summed E-state index contributed by atoms with van der Waals surface area (Å²) in [6.45, 7) is 10.7. The Balaban J connectivity index is 2.14. The topological polar surface area (TPSA) is 41.5 Å². The lowest BCUT2D eigenvalue weighted by Crippen LogP contribution is -2.35. The number of hydrogen-bond acceptors (Lipinski definition) is 3. The van der Waals surface area contributed by atoms with E-state index in [9.17, 15) is 5.11 Å². The minimum Gasteiger partial charge on any atom is -0.356 e. The van der Waals surface area contributed by atoms with E-state index in [-0.39, 0.29) is 6.10 Å². The quantitative estimate of drug-likeness (QED) is 0.481. The van der Waals surface area contributed by atoms with Crippen LogP contribution in [-0.2, 0) is 4.74 Å². The van der Waals surface area contributed by atoms with Crippen molar-refractivity contribution in [3.05, 3.63) is 12.7 Å². The van der Waals surface area contributed by atoms with Crippen molar-refractivity contribution >= 4 is 0 Å². The molecular formula is C14H27NO2. The summed E-state index contributed by atoms with van der Waals surface area (Å²) in [4.78, 5) is 0. The zero-order valence-electron chi connectivity index (χ0n) is 11.4. The molecule has 0 saturated heterocycles. The van der Waals surface area contributed by atoms with Gasteiger partial charge in [-0.3, -0.25) is 5.32 Å². The minimum absolute atomic E-state index is 0.0491. The van der Waals surface area contributed by atoms with Crippen molar-refractivity contribution in [3.8, 4) is 0 Å². The molecule has 2 N–H and O–H groups in total. The van der Waals surface area contributed by atoms with Crippen molar-refractivity contribution in [2.45, 2.75) is 52.6 Å². The fourth-order valence-corrected chi connectivity index (χ4v) is 2.47. The summed E-state index contributed by atoms with van der Waals surface area (Å²) in [7, 11) is 0. The van der Waals surface area contributed by atoms with Gasteiger partial charge in [0.2, 0.25) is 6.41 Å². The lowest BCUT2D eigenvalue weighted by Gasteiger charge is -2.19. The second kappa shape index (κ2) is 7.14. The van der Waals surface area contributed by atoms with Crippen LogP contribution in [0.25, 0.3) is 0 Å². The molecule has 0 radical (unpaired) electrons. The van der Waals surface area contributed by atoms with E-state index in [0.29, 0.717) is 0 Å². The van der Waals surface area contributed by atoms with Crippen LogP contribution >= 0.6 is 0 Å². The summed E-state index contributed by atoms with van der Waals surface area (Å²) in [5.41, 5.74) is 0. The molecule has 1 aliphatic carbocycles. The molecule has 1 fully saturated rings. The Morgan fingerprint density at radius 2 is 2.24 bits per heavy atom. The lowest BCUT2D eigenvalue weighted by atomic mass is 9.95. The van der Waals surface area contributed by atoms with E-state index in [0.717, 1.165) is 30.7 Å². The lowest BCUT2D eigenvalue weighted by molar-refractivity contribution is -0.144. The molecule has 0 aromatic rings. The SMILES string of the molecule is C=CC1CC1C(CC)CCNC(O)OC(C)C. The summed E-state index contributed by atoms with van der Waals surface area (Å²) in [6, 6.07) is 0. The zero-order valence-corrected chi connectivity index (χ0v) is 11.4. The van der Waals surface area contributed by atoms with E-state index >= 15 is 0 Å². The Bertz CT molecular complexity index is 230. The predicted molar refractivity (Wildman–Crippen MR) is 70.4 cm³/mol. The molecule has 3 nitrogen and oxygen atoms in total. The fraction of sp³-hybridized carbons (Fsp3) is 0.857. The maximum absolute atomic E-state index is 9.51. The van der Waals surface area contributed by atoms with Crippen molar-refractivity contribution in [2.24, 2.45) is 17.8 Å². The van der Waals surface area contributed by atoms with Gasteiger partial charge in [0.25, 0.3) is 0 Å². The van der Waals surface area contributed by atoms with E-state index in [1.807, 2.05) is 13.8 Å². The van der Waals surface area contributed by atoms with Crippen LogP contribution in [0.4, 0.5) is 0 Å². The van der Waals surface area contributed by atoms with Gasteiger partial charge < -0.3 is 9.84 Å². The number of nitrogens with one attached hydrogen (secondary N) is 1. The van der Waals surface area contributed by atoms with E-state index in [1.165, 1.54) is 12.8 Å². The summed E-state index contributed by atoms with van der Waals surface area (Å²) >= 11 is 0. The molecule has 0 spiro atoms. The maximum Gasteiger partial charge on any atom is 0.213 e. The molecule has 3 heteroatoms.